The second kappa shape index (κ2) is 4.96. The van der Waals surface area contributed by atoms with Gasteiger partial charge in [-0.25, -0.2) is 4.98 Å². The summed E-state index contributed by atoms with van der Waals surface area (Å²) >= 11 is 0. The molecule has 1 fully saturated rings. The number of aryl methyl sites for hydroxylation is 1. The van der Waals surface area contributed by atoms with Gasteiger partial charge in [0.25, 0.3) is 0 Å². The van der Waals surface area contributed by atoms with E-state index >= 15 is 0 Å². The van der Waals surface area contributed by atoms with Crippen LogP contribution in [-0.4, -0.2) is 22.0 Å². The fraction of sp³-hybridized carbons (Fsp3) is 0.250. The normalized spacial score (nSPS) is 18.6. The molecule has 4 nitrogen and oxygen atoms in total. The summed E-state index contributed by atoms with van der Waals surface area (Å²) in [5, 5.41) is 0. The Bertz CT molecular complexity index is 642. The van der Waals surface area contributed by atoms with Gasteiger partial charge in [-0.15, -0.1) is 6.58 Å². The van der Waals surface area contributed by atoms with Crippen LogP contribution in [0.4, 0.5) is 5.69 Å². The van der Waals surface area contributed by atoms with Crippen LogP contribution < -0.4 is 4.90 Å². The zero-order valence-corrected chi connectivity index (χ0v) is 11.5. The van der Waals surface area contributed by atoms with Crippen molar-refractivity contribution in [3.63, 3.8) is 0 Å². The van der Waals surface area contributed by atoms with Crippen LogP contribution in [0.25, 0.3) is 5.69 Å². The Kier molecular flexibility index (Phi) is 3.14. The SMILES string of the molecule is C=CC1CC(=O)N(c2ccc(-n3ccnc3C)cc2)C1. The molecule has 1 atom stereocenters. The molecular weight excluding hydrogens is 250 g/mol. The third-order valence-corrected chi connectivity index (χ3v) is 3.75. The van der Waals surface area contributed by atoms with E-state index in [9.17, 15) is 4.79 Å². The molecule has 0 radical (unpaired) electrons. The van der Waals surface area contributed by atoms with Crippen molar-refractivity contribution >= 4 is 11.6 Å². The number of benzene rings is 1. The molecule has 1 aromatic carbocycles. The number of anilines is 1. The zero-order valence-electron chi connectivity index (χ0n) is 11.5. The number of carbonyl (C=O) groups is 1. The van der Waals surface area contributed by atoms with E-state index in [1.54, 1.807) is 6.20 Å². The Balaban J connectivity index is 1.85. The minimum Gasteiger partial charge on any atom is -0.312 e. The summed E-state index contributed by atoms with van der Waals surface area (Å²) in [5.41, 5.74) is 2.00. The highest BCUT2D eigenvalue weighted by Crippen LogP contribution is 2.26. The van der Waals surface area contributed by atoms with Gasteiger partial charge < -0.3 is 9.47 Å². The molecule has 0 bridgehead atoms. The Morgan fingerprint density at radius 1 is 1.30 bits per heavy atom. The van der Waals surface area contributed by atoms with Gasteiger partial charge in [-0.3, -0.25) is 4.79 Å². The Hall–Kier alpha value is -2.36. The van der Waals surface area contributed by atoms with Crippen LogP contribution in [-0.2, 0) is 4.79 Å². The van der Waals surface area contributed by atoms with E-state index in [1.807, 2.05) is 52.9 Å². The maximum absolute atomic E-state index is 12.0. The van der Waals surface area contributed by atoms with Crippen molar-refractivity contribution in [2.45, 2.75) is 13.3 Å². The maximum atomic E-state index is 12.0. The van der Waals surface area contributed by atoms with Gasteiger partial charge >= 0.3 is 0 Å². The summed E-state index contributed by atoms with van der Waals surface area (Å²) in [7, 11) is 0. The van der Waals surface area contributed by atoms with Crippen molar-refractivity contribution in [3.8, 4) is 5.69 Å². The summed E-state index contributed by atoms with van der Waals surface area (Å²) in [6.07, 6.45) is 6.13. The van der Waals surface area contributed by atoms with Crippen molar-refractivity contribution in [2.24, 2.45) is 5.92 Å². The molecular formula is C16H17N3O. The van der Waals surface area contributed by atoms with Gasteiger partial charge in [0.1, 0.15) is 5.82 Å². The molecule has 1 aliphatic rings. The number of imidazole rings is 1. The van der Waals surface area contributed by atoms with Crippen molar-refractivity contribution < 1.29 is 4.79 Å². The predicted molar refractivity (Wildman–Crippen MR) is 79.0 cm³/mol. The highest BCUT2D eigenvalue weighted by atomic mass is 16.2. The number of hydrogen-bond acceptors (Lipinski definition) is 2. The highest BCUT2D eigenvalue weighted by molar-refractivity contribution is 5.96. The summed E-state index contributed by atoms with van der Waals surface area (Å²) in [5.74, 6) is 1.38. The van der Waals surface area contributed by atoms with E-state index in [4.69, 9.17) is 0 Å². The van der Waals surface area contributed by atoms with Crippen LogP contribution in [0.1, 0.15) is 12.2 Å². The first-order valence-corrected chi connectivity index (χ1v) is 6.72. The largest absolute Gasteiger partial charge is 0.312 e. The number of nitrogens with zero attached hydrogens (tertiary/aromatic N) is 3. The van der Waals surface area contributed by atoms with E-state index in [1.165, 1.54) is 0 Å². The highest BCUT2D eigenvalue weighted by Gasteiger charge is 2.28. The topological polar surface area (TPSA) is 38.1 Å². The quantitative estimate of drug-likeness (QED) is 0.802. The van der Waals surface area contributed by atoms with Gasteiger partial charge in [0.15, 0.2) is 0 Å². The van der Waals surface area contributed by atoms with Crippen LogP contribution in [0, 0.1) is 12.8 Å². The number of hydrogen-bond donors (Lipinski definition) is 0. The Labute approximate surface area is 118 Å². The molecule has 102 valence electrons. The minimum atomic E-state index is 0.168. The molecule has 0 saturated carbocycles. The average molecular weight is 267 g/mol. The Morgan fingerprint density at radius 2 is 2.00 bits per heavy atom. The molecule has 1 saturated heterocycles. The van der Waals surface area contributed by atoms with Crippen LogP contribution in [0.5, 0.6) is 0 Å². The summed E-state index contributed by atoms with van der Waals surface area (Å²) in [6.45, 7) is 6.47. The first-order chi connectivity index (χ1) is 9.69. The third kappa shape index (κ3) is 2.13. The maximum Gasteiger partial charge on any atom is 0.227 e. The van der Waals surface area contributed by atoms with Crippen LogP contribution in [0.3, 0.4) is 0 Å². The van der Waals surface area contributed by atoms with Crippen molar-refractivity contribution in [1.82, 2.24) is 9.55 Å². The molecule has 2 aromatic rings. The summed E-state index contributed by atoms with van der Waals surface area (Å²) in [6, 6.07) is 7.99. The molecule has 1 amide bonds. The molecule has 1 unspecified atom stereocenters. The van der Waals surface area contributed by atoms with Gasteiger partial charge in [0, 0.05) is 42.7 Å². The third-order valence-electron chi connectivity index (χ3n) is 3.75. The van der Waals surface area contributed by atoms with Gasteiger partial charge in [-0.05, 0) is 31.2 Å². The molecule has 2 heterocycles. The van der Waals surface area contributed by atoms with E-state index in [-0.39, 0.29) is 11.8 Å². The van der Waals surface area contributed by atoms with Crippen LogP contribution in [0.15, 0.2) is 49.3 Å². The van der Waals surface area contributed by atoms with Gasteiger partial charge in [0.05, 0.1) is 0 Å². The molecule has 1 aromatic heterocycles. The molecule has 0 aliphatic carbocycles. The van der Waals surface area contributed by atoms with E-state index in [0.29, 0.717) is 6.42 Å². The lowest BCUT2D eigenvalue weighted by Crippen LogP contribution is -2.24. The fourth-order valence-electron chi connectivity index (χ4n) is 2.59. The van der Waals surface area contributed by atoms with Crippen molar-refractivity contribution in [3.05, 3.63) is 55.1 Å². The lowest BCUT2D eigenvalue weighted by atomic mass is 10.1. The predicted octanol–water partition coefficient (Wildman–Crippen LogP) is 2.72. The summed E-state index contributed by atoms with van der Waals surface area (Å²) in [4.78, 5) is 18.0. The van der Waals surface area contributed by atoms with Crippen molar-refractivity contribution in [2.75, 3.05) is 11.4 Å². The van der Waals surface area contributed by atoms with Crippen molar-refractivity contribution in [1.29, 1.82) is 0 Å². The number of aromatic nitrogens is 2. The molecule has 3 rings (SSSR count). The minimum absolute atomic E-state index is 0.168. The monoisotopic (exact) mass is 267 g/mol. The molecule has 0 spiro atoms. The second-order valence-corrected chi connectivity index (χ2v) is 5.07. The van der Waals surface area contributed by atoms with E-state index in [2.05, 4.69) is 11.6 Å². The lowest BCUT2D eigenvalue weighted by molar-refractivity contribution is -0.117. The number of amides is 1. The lowest BCUT2D eigenvalue weighted by Gasteiger charge is -2.17. The zero-order chi connectivity index (χ0) is 14.1. The van der Waals surface area contributed by atoms with E-state index < -0.39 is 0 Å². The molecule has 1 aliphatic heterocycles. The van der Waals surface area contributed by atoms with Gasteiger partial charge in [-0.1, -0.05) is 6.08 Å². The summed E-state index contributed by atoms with van der Waals surface area (Å²) < 4.78 is 2.02. The molecule has 20 heavy (non-hydrogen) atoms. The van der Waals surface area contributed by atoms with E-state index in [0.717, 1.165) is 23.7 Å². The van der Waals surface area contributed by atoms with Crippen LogP contribution in [0.2, 0.25) is 0 Å². The van der Waals surface area contributed by atoms with Crippen LogP contribution >= 0.6 is 0 Å². The molecule has 4 heteroatoms. The second-order valence-electron chi connectivity index (χ2n) is 5.07. The molecule has 0 N–H and O–H groups in total. The smallest absolute Gasteiger partial charge is 0.227 e. The first-order valence-electron chi connectivity index (χ1n) is 6.72. The first kappa shape index (κ1) is 12.7. The standard InChI is InChI=1S/C16H17N3O/c1-3-13-10-16(20)19(11-13)15-6-4-14(5-7-15)18-9-8-17-12(18)2/h3-9,13H,1,10-11H2,2H3. The average Bonchev–Trinajstić information content (AvgIpc) is 3.05. The van der Waals surface area contributed by atoms with Gasteiger partial charge in [-0.2, -0.15) is 0 Å². The fourth-order valence-corrected chi connectivity index (χ4v) is 2.59. The number of carbonyl (C=O) groups excluding carboxylic acids is 1. The number of rotatable bonds is 3. The Morgan fingerprint density at radius 3 is 2.55 bits per heavy atom. The van der Waals surface area contributed by atoms with Gasteiger partial charge in [0.2, 0.25) is 5.91 Å².